The van der Waals surface area contributed by atoms with E-state index in [-0.39, 0.29) is 6.42 Å². The van der Waals surface area contributed by atoms with Gasteiger partial charge in [0.25, 0.3) is 5.79 Å². The van der Waals surface area contributed by atoms with E-state index in [2.05, 4.69) is 0 Å². The predicted molar refractivity (Wildman–Crippen MR) is 56.8 cm³/mol. The van der Waals surface area contributed by atoms with E-state index in [1.165, 1.54) is 0 Å². The standard InChI is InChI=1S/C10H20O7/c1-2-3-4-7(13)10(16,17)9(15)8(14)6(12)5-11/h6,8-9,11-12,14-17H,2-5H2,1H3. The Kier molecular flexibility index (Phi) is 6.76. The molecule has 0 aliphatic rings. The molecule has 3 atom stereocenters. The second kappa shape index (κ2) is 7.00. The summed E-state index contributed by atoms with van der Waals surface area (Å²) in [6.45, 7) is 0.919. The molecule has 0 rings (SSSR count). The lowest BCUT2D eigenvalue weighted by Gasteiger charge is -2.31. The third kappa shape index (κ3) is 4.30. The van der Waals surface area contributed by atoms with E-state index >= 15 is 0 Å². The zero-order chi connectivity index (χ0) is 13.6. The molecule has 0 fully saturated rings. The van der Waals surface area contributed by atoms with Crippen molar-refractivity contribution in [2.75, 3.05) is 6.61 Å². The summed E-state index contributed by atoms with van der Waals surface area (Å²) in [4.78, 5) is 11.4. The molecule has 7 heteroatoms. The highest BCUT2D eigenvalue weighted by atomic mass is 16.5. The Hall–Kier alpha value is -0.570. The Bertz CT molecular complexity index is 241. The van der Waals surface area contributed by atoms with Crippen molar-refractivity contribution in [1.82, 2.24) is 0 Å². The Balaban J connectivity index is 4.62. The van der Waals surface area contributed by atoms with Crippen molar-refractivity contribution in [3.63, 3.8) is 0 Å². The van der Waals surface area contributed by atoms with Gasteiger partial charge in [-0.05, 0) is 6.42 Å². The van der Waals surface area contributed by atoms with E-state index < -0.39 is 36.5 Å². The third-order valence-electron chi connectivity index (χ3n) is 2.48. The summed E-state index contributed by atoms with van der Waals surface area (Å²) in [6, 6.07) is 0. The molecular weight excluding hydrogens is 232 g/mol. The Morgan fingerprint density at radius 3 is 2.18 bits per heavy atom. The number of hydrogen-bond acceptors (Lipinski definition) is 7. The van der Waals surface area contributed by atoms with Crippen LogP contribution in [0.2, 0.25) is 0 Å². The second-order valence-corrected chi connectivity index (χ2v) is 3.94. The lowest BCUT2D eigenvalue weighted by Crippen LogP contribution is -2.58. The maximum Gasteiger partial charge on any atom is 0.253 e. The first-order chi connectivity index (χ1) is 7.78. The van der Waals surface area contributed by atoms with Crippen LogP contribution in [0, 0.1) is 0 Å². The summed E-state index contributed by atoms with van der Waals surface area (Å²) >= 11 is 0. The van der Waals surface area contributed by atoms with Gasteiger partial charge in [-0.25, -0.2) is 0 Å². The fraction of sp³-hybridized carbons (Fsp3) is 0.900. The number of carbonyl (C=O) groups is 1. The molecule has 0 aliphatic heterocycles. The first kappa shape index (κ1) is 16.4. The van der Waals surface area contributed by atoms with Crippen molar-refractivity contribution in [2.24, 2.45) is 0 Å². The minimum absolute atomic E-state index is 0.164. The molecule has 0 heterocycles. The van der Waals surface area contributed by atoms with E-state index in [4.69, 9.17) is 10.2 Å². The summed E-state index contributed by atoms with van der Waals surface area (Å²) < 4.78 is 0. The van der Waals surface area contributed by atoms with Crippen LogP contribution in [0.5, 0.6) is 0 Å². The smallest absolute Gasteiger partial charge is 0.253 e. The zero-order valence-corrected chi connectivity index (χ0v) is 9.65. The lowest BCUT2D eigenvalue weighted by molar-refractivity contribution is -0.246. The Morgan fingerprint density at radius 2 is 1.76 bits per heavy atom. The SMILES string of the molecule is CCCCC(=O)C(O)(O)C(O)C(O)C(O)CO. The number of unbranched alkanes of at least 4 members (excludes halogenated alkanes) is 1. The maximum atomic E-state index is 11.4. The van der Waals surface area contributed by atoms with Crippen molar-refractivity contribution in [2.45, 2.75) is 50.3 Å². The predicted octanol–water partition coefficient (Wildman–Crippen LogP) is -2.50. The molecule has 0 bridgehead atoms. The first-order valence-corrected chi connectivity index (χ1v) is 5.42. The average Bonchev–Trinajstić information content (AvgIpc) is 2.32. The summed E-state index contributed by atoms with van der Waals surface area (Å²) in [5.74, 6) is -4.18. The number of aliphatic hydroxyl groups is 6. The fourth-order valence-electron chi connectivity index (χ4n) is 1.24. The number of carbonyl (C=O) groups excluding carboxylic acids is 1. The van der Waals surface area contributed by atoms with Crippen molar-refractivity contribution >= 4 is 5.78 Å². The van der Waals surface area contributed by atoms with Gasteiger partial charge in [0.2, 0.25) is 0 Å². The number of Topliss-reactive ketones (excluding diaryl/α,β-unsaturated/α-hetero) is 1. The second-order valence-electron chi connectivity index (χ2n) is 3.94. The molecule has 0 amide bonds. The van der Waals surface area contributed by atoms with Crippen molar-refractivity contribution in [3.8, 4) is 0 Å². The largest absolute Gasteiger partial charge is 0.394 e. The van der Waals surface area contributed by atoms with Gasteiger partial charge in [0.15, 0.2) is 5.78 Å². The normalized spacial score (nSPS) is 17.6. The van der Waals surface area contributed by atoms with Gasteiger partial charge in [0.05, 0.1) is 6.61 Å². The molecule has 6 N–H and O–H groups in total. The van der Waals surface area contributed by atoms with Crippen LogP contribution in [0.4, 0.5) is 0 Å². The molecule has 7 nitrogen and oxygen atoms in total. The molecule has 0 aromatic carbocycles. The van der Waals surface area contributed by atoms with Gasteiger partial charge in [0, 0.05) is 6.42 Å². The molecule has 102 valence electrons. The van der Waals surface area contributed by atoms with Crippen LogP contribution >= 0.6 is 0 Å². The first-order valence-electron chi connectivity index (χ1n) is 5.42. The van der Waals surface area contributed by atoms with E-state index in [0.29, 0.717) is 12.8 Å². The minimum Gasteiger partial charge on any atom is -0.394 e. The van der Waals surface area contributed by atoms with Crippen molar-refractivity contribution < 1.29 is 35.4 Å². The van der Waals surface area contributed by atoms with Crippen LogP contribution in [0.25, 0.3) is 0 Å². The topological polar surface area (TPSA) is 138 Å². The molecule has 0 aromatic heterocycles. The molecule has 3 unspecified atom stereocenters. The monoisotopic (exact) mass is 252 g/mol. The summed E-state index contributed by atoms with van der Waals surface area (Å²) in [5, 5.41) is 55.0. The van der Waals surface area contributed by atoms with Gasteiger partial charge < -0.3 is 30.6 Å². The molecule has 0 saturated carbocycles. The molecule has 0 aromatic rings. The third-order valence-corrected chi connectivity index (χ3v) is 2.48. The van der Waals surface area contributed by atoms with Gasteiger partial charge in [0.1, 0.15) is 18.3 Å². The Labute approximate surface area is 99.0 Å². The number of rotatable bonds is 8. The average molecular weight is 252 g/mol. The Morgan fingerprint density at radius 1 is 1.24 bits per heavy atom. The highest BCUT2D eigenvalue weighted by molar-refractivity contribution is 5.86. The summed E-state index contributed by atoms with van der Waals surface area (Å²) in [7, 11) is 0. The molecule has 0 spiro atoms. The van der Waals surface area contributed by atoms with E-state index in [1.807, 2.05) is 0 Å². The highest BCUT2D eigenvalue weighted by Gasteiger charge is 2.46. The van der Waals surface area contributed by atoms with Gasteiger partial charge in [-0.2, -0.15) is 0 Å². The van der Waals surface area contributed by atoms with Crippen LogP contribution in [0.1, 0.15) is 26.2 Å². The van der Waals surface area contributed by atoms with Crippen molar-refractivity contribution in [3.05, 3.63) is 0 Å². The van der Waals surface area contributed by atoms with E-state index in [0.717, 1.165) is 0 Å². The minimum atomic E-state index is -3.13. The maximum absolute atomic E-state index is 11.4. The quantitative estimate of drug-likeness (QED) is 0.262. The number of hydrogen-bond donors (Lipinski definition) is 6. The van der Waals surface area contributed by atoms with Crippen LogP contribution in [0.3, 0.4) is 0 Å². The summed E-state index contributed by atoms with van der Waals surface area (Å²) in [6.07, 6.45) is -5.17. The van der Waals surface area contributed by atoms with Crippen LogP contribution in [0.15, 0.2) is 0 Å². The number of ketones is 1. The van der Waals surface area contributed by atoms with Gasteiger partial charge >= 0.3 is 0 Å². The highest BCUT2D eigenvalue weighted by Crippen LogP contribution is 2.17. The van der Waals surface area contributed by atoms with E-state index in [1.54, 1.807) is 6.92 Å². The number of aliphatic hydroxyl groups excluding tert-OH is 4. The molecule has 0 aliphatic carbocycles. The van der Waals surface area contributed by atoms with Crippen LogP contribution in [-0.4, -0.2) is 67.1 Å². The molecule has 0 saturated heterocycles. The lowest BCUT2D eigenvalue weighted by atomic mass is 9.94. The molecular formula is C10H20O7. The van der Waals surface area contributed by atoms with Gasteiger partial charge in [-0.1, -0.05) is 13.3 Å². The molecule has 17 heavy (non-hydrogen) atoms. The van der Waals surface area contributed by atoms with Gasteiger partial charge in [-0.3, -0.25) is 4.79 Å². The fourth-order valence-corrected chi connectivity index (χ4v) is 1.24. The van der Waals surface area contributed by atoms with Crippen LogP contribution < -0.4 is 0 Å². The summed E-state index contributed by atoms with van der Waals surface area (Å²) in [5.41, 5.74) is 0. The van der Waals surface area contributed by atoms with Crippen LogP contribution in [-0.2, 0) is 4.79 Å². The zero-order valence-electron chi connectivity index (χ0n) is 9.65. The van der Waals surface area contributed by atoms with E-state index in [9.17, 15) is 25.2 Å². The van der Waals surface area contributed by atoms with Crippen molar-refractivity contribution in [1.29, 1.82) is 0 Å². The molecule has 0 radical (unpaired) electrons. The van der Waals surface area contributed by atoms with Gasteiger partial charge in [-0.15, -0.1) is 0 Å².